The molecule has 0 N–H and O–H groups in total. The number of hydrogen-bond donors (Lipinski definition) is 0. The van der Waals surface area contributed by atoms with E-state index in [2.05, 4.69) is 13.8 Å². The van der Waals surface area contributed by atoms with E-state index >= 15 is 0 Å². The zero-order chi connectivity index (χ0) is 31.5. The number of carbonyl (C=O) groups is 2. The number of nitrogens with zero attached hydrogens (tertiary/aromatic N) is 1. The van der Waals surface area contributed by atoms with E-state index in [1.807, 2.05) is 6.92 Å². The molecule has 0 atom stereocenters. The summed E-state index contributed by atoms with van der Waals surface area (Å²) in [4.78, 5) is 34.9. The molecule has 0 aliphatic heterocycles. The van der Waals surface area contributed by atoms with Gasteiger partial charge in [-0.05, 0) is 19.8 Å². The summed E-state index contributed by atoms with van der Waals surface area (Å²) in [7, 11) is 0. The molecule has 0 saturated carbocycles. The van der Waals surface area contributed by atoms with Crippen molar-refractivity contribution in [3.8, 4) is 0 Å². The fourth-order valence-electron chi connectivity index (χ4n) is 5.75. The molecule has 0 aromatic heterocycles. The Bertz CT molecular complexity index is 534. The molecule has 0 aliphatic carbocycles. The van der Waals surface area contributed by atoms with Crippen LogP contribution in [-0.4, -0.2) is 23.7 Å². The van der Waals surface area contributed by atoms with Crippen molar-refractivity contribution < 1.29 is 19.3 Å². The van der Waals surface area contributed by atoms with Crippen LogP contribution in [0.25, 0.3) is 0 Å². The largest absolute Gasteiger partial charge is 0.333 e. The zero-order valence-corrected chi connectivity index (χ0v) is 29.4. The van der Waals surface area contributed by atoms with Crippen molar-refractivity contribution in [1.29, 1.82) is 0 Å². The van der Waals surface area contributed by atoms with Gasteiger partial charge in [-0.3, -0.25) is 9.59 Å². The van der Waals surface area contributed by atoms with Gasteiger partial charge in [0, 0.05) is 18.1 Å². The van der Waals surface area contributed by atoms with Gasteiger partial charge >= 0.3 is 11.9 Å². The Balaban J connectivity index is 3.50. The van der Waals surface area contributed by atoms with Gasteiger partial charge in [-0.2, -0.15) is 0 Å². The van der Waals surface area contributed by atoms with Crippen LogP contribution in [0.4, 0.5) is 0 Å². The SMILES string of the molecule is CCCCCCCCCCCCCCCCCC(=O)ON(CC)OC(=O)CCCCCCCCCCCCCCCCC. The molecule has 0 saturated heterocycles. The minimum Gasteiger partial charge on any atom is -0.333 e. The van der Waals surface area contributed by atoms with E-state index in [0.717, 1.165) is 30.9 Å². The Labute approximate surface area is 268 Å². The molecule has 0 fully saturated rings. The highest BCUT2D eigenvalue weighted by atomic mass is 17.0. The first kappa shape index (κ1) is 41.9. The molecule has 43 heavy (non-hydrogen) atoms. The predicted molar refractivity (Wildman–Crippen MR) is 184 cm³/mol. The quantitative estimate of drug-likeness (QED) is 0.0528. The Hall–Kier alpha value is -1.10. The standard InChI is InChI=1S/C38H75NO4/c1-4-7-9-11-13-15-17-19-21-23-25-27-29-31-33-35-37(40)42-39(6-3)43-38(41)36-34-32-30-28-26-24-22-20-18-16-14-12-10-8-5-2/h4-36H2,1-3H3. The Morgan fingerprint density at radius 3 is 0.767 bits per heavy atom. The first-order valence-corrected chi connectivity index (χ1v) is 19.3. The topological polar surface area (TPSA) is 55.8 Å². The molecule has 0 amide bonds. The van der Waals surface area contributed by atoms with Crippen LogP contribution in [0.5, 0.6) is 0 Å². The van der Waals surface area contributed by atoms with Gasteiger partial charge < -0.3 is 9.68 Å². The number of carbonyl (C=O) groups excluding carboxylic acids is 2. The molecule has 0 bridgehead atoms. The normalized spacial score (nSPS) is 11.3. The first-order chi connectivity index (χ1) is 21.1. The lowest BCUT2D eigenvalue weighted by atomic mass is 10.0. The van der Waals surface area contributed by atoms with E-state index in [0.29, 0.717) is 19.4 Å². The van der Waals surface area contributed by atoms with E-state index in [4.69, 9.17) is 9.68 Å². The summed E-state index contributed by atoms with van der Waals surface area (Å²) >= 11 is 0. The van der Waals surface area contributed by atoms with Crippen LogP contribution < -0.4 is 0 Å². The molecule has 0 spiro atoms. The first-order valence-electron chi connectivity index (χ1n) is 19.3. The fraction of sp³-hybridized carbons (Fsp3) is 0.947. The van der Waals surface area contributed by atoms with Crippen LogP contribution in [0.2, 0.25) is 0 Å². The third-order valence-corrected chi connectivity index (χ3v) is 8.63. The molecule has 5 heteroatoms. The Morgan fingerprint density at radius 2 is 0.558 bits per heavy atom. The summed E-state index contributed by atoms with van der Waals surface area (Å²) in [5, 5.41) is 1.06. The summed E-state index contributed by atoms with van der Waals surface area (Å²) in [5.74, 6) is -0.618. The summed E-state index contributed by atoms with van der Waals surface area (Å²) in [6, 6.07) is 0. The van der Waals surface area contributed by atoms with Gasteiger partial charge in [-0.15, -0.1) is 0 Å². The number of rotatable bonds is 35. The van der Waals surface area contributed by atoms with Gasteiger partial charge in [0.1, 0.15) is 0 Å². The van der Waals surface area contributed by atoms with Crippen LogP contribution >= 0.6 is 0 Å². The van der Waals surface area contributed by atoms with E-state index in [1.54, 1.807) is 0 Å². The van der Waals surface area contributed by atoms with E-state index in [-0.39, 0.29) is 11.9 Å². The maximum absolute atomic E-state index is 12.2. The van der Waals surface area contributed by atoms with Crippen molar-refractivity contribution in [1.82, 2.24) is 5.23 Å². The third kappa shape index (κ3) is 33.6. The smallest absolute Gasteiger partial charge is 0.329 e. The van der Waals surface area contributed by atoms with Gasteiger partial charge in [0.25, 0.3) is 0 Å². The number of hydrogen-bond acceptors (Lipinski definition) is 5. The highest BCUT2D eigenvalue weighted by molar-refractivity contribution is 5.70. The fourth-order valence-corrected chi connectivity index (χ4v) is 5.75. The monoisotopic (exact) mass is 610 g/mol. The van der Waals surface area contributed by atoms with Gasteiger partial charge in [-0.25, -0.2) is 0 Å². The van der Waals surface area contributed by atoms with Crippen LogP contribution in [0, 0.1) is 0 Å². The Morgan fingerprint density at radius 1 is 0.349 bits per heavy atom. The molecule has 0 unspecified atom stereocenters. The zero-order valence-electron chi connectivity index (χ0n) is 29.4. The third-order valence-electron chi connectivity index (χ3n) is 8.63. The van der Waals surface area contributed by atoms with Gasteiger partial charge in [0.2, 0.25) is 0 Å². The van der Waals surface area contributed by atoms with Crippen LogP contribution in [0.15, 0.2) is 0 Å². The van der Waals surface area contributed by atoms with Gasteiger partial charge in [0.15, 0.2) is 0 Å². The number of unbranched alkanes of at least 4 members (excludes halogenated alkanes) is 28. The van der Waals surface area contributed by atoms with Crippen molar-refractivity contribution in [2.75, 3.05) is 6.54 Å². The van der Waals surface area contributed by atoms with Crippen molar-refractivity contribution in [2.45, 2.75) is 226 Å². The average Bonchev–Trinajstić information content (AvgIpc) is 3.00. The molecule has 0 rings (SSSR count). The predicted octanol–water partition coefficient (Wildman–Crippen LogP) is 12.7. The Kier molecular flexibility index (Phi) is 34.5. The summed E-state index contributed by atoms with van der Waals surface area (Å²) in [5.41, 5.74) is 0. The molecule has 5 nitrogen and oxygen atoms in total. The lowest BCUT2D eigenvalue weighted by Crippen LogP contribution is -2.30. The van der Waals surface area contributed by atoms with Crippen molar-refractivity contribution >= 4 is 11.9 Å². The molecule has 0 aromatic rings. The minimum atomic E-state index is -0.309. The second kappa shape index (κ2) is 35.4. The summed E-state index contributed by atoms with van der Waals surface area (Å²) < 4.78 is 0. The van der Waals surface area contributed by atoms with Crippen LogP contribution in [-0.2, 0) is 19.3 Å². The molecule has 256 valence electrons. The average molecular weight is 610 g/mol. The molecular formula is C38H75NO4. The maximum atomic E-state index is 12.2. The van der Waals surface area contributed by atoms with Crippen LogP contribution in [0.3, 0.4) is 0 Å². The van der Waals surface area contributed by atoms with Crippen molar-refractivity contribution in [3.63, 3.8) is 0 Å². The highest BCUT2D eigenvalue weighted by Gasteiger charge is 2.15. The van der Waals surface area contributed by atoms with E-state index in [1.165, 1.54) is 167 Å². The highest BCUT2D eigenvalue weighted by Crippen LogP contribution is 2.16. The lowest BCUT2D eigenvalue weighted by Gasteiger charge is -2.17. The summed E-state index contributed by atoms with van der Waals surface area (Å²) in [6.45, 7) is 6.71. The summed E-state index contributed by atoms with van der Waals surface area (Å²) in [6.07, 6.45) is 39.8. The van der Waals surface area contributed by atoms with Crippen molar-refractivity contribution in [2.24, 2.45) is 0 Å². The maximum Gasteiger partial charge on any atom is 0.329 e. The van der Waals surface area contributed by atoms with Gasteiger partial charge in [-0.1, -0.05) is 194 Å². The number of hydroxylamine groups is 2. The molecular weight excluding hydrogens is 534 g/mol. The second-order valence-electron chi connectivity index (χ2n) is 13.0. The molecule has 0 aliphatic rings. The van der Waals surface area contributed by atoms with Gasteiger partial charge in [0.05, 0.1) is 6.54 Å². The molecule has 0 heterocycles. The van der Waals surface area contributed by atoms with Crippen molar-refractivity contribution in [3.05, 3.63) is 0 Å². The van der Waals surface area contributed by atoms with Crippen LogP contribution in [0.1, 0.15) is 226 Å². The molecule has 0 aromatic carbocycles. The minimum absolute atomic E-state index is 0.309. The molecule has 0 radical (unpaired) electrons. The van der Waals surface area contributed by atoms with E-state index in [9.17, 15) is 9.59 Å². The lowest BCUT2D eigenvalue weighted by molar-refractivity contribution is -0.323. The second-order valence-corrected chi connectivity index (χ2v) is 13.0. The van der Waals surface area contributed by atoms with E-state index < -0.39 is 0 Å².